The van der Waals surface area contributed by atoms with E-state index in [1.807, 2.05) is 30.3 Å². The van der Waals surface area contributed by atoms with Crippen LogP contribution in [0.4, 0.5) is 0 Å². The monoisotopic (exact) mass is 223 g/mol. The summed E-state index contributed by atoms with van der Waals surface area (Å²) in [4.78, 5) is 11.2. The Morgan fingerprint density at radius 1 is 1.47 bits per heavy atom. The molecular formula is C11H13NO2S. The van der Waals surface area contributed by atoms with Crippen LogP contribution in [0.3, 0.4) is 0 Å². The molecule has 0 aromatic heterocycles. The number of benzene rings is 1. The highest BCUT2D eigenvalue weighted by Crippen LogP contribution is 2.39. The highest BCUT2D eigenvalue weighted by atomic mass is 32.2. The average molecular weight is 223 g/mol. The Morgan fingerprint density at radius 2 is 2.20 bits per heavy atom. The minimum atomic E-state index is -0.674. The van der Waals surface area contributed by atoms with Crippen LogP contribution in [0.25, 0.3) is 0 Å². The van der Waals surface area contributed by atoms with Crippen LogP contribution in [-0.2, 0) is 14.6 Å². The molecule has 80 valence electrons. The predicted octanol–water partition coefficient (Wildman–Crippen LogP) is 1.70. The molecule has 0 aliphatic carbocycles. The summed E-state index contributed by atoms with van der Waals surface area (Å²) in [7, 11) is 0. The van der Waals surface area contributed by atoms with Crippen LogP contribution >= 0.6 is 11.8 Å². The van der Waals surface area contributed by atoms with E-state index < -0.39 is 5.06 Å². The topological polar surface area (TPSA) is 38.3 Å². The van der Waals surface area contributed by atoms with Crippen molar-refractivity contribution in [3.8, 4) is 0 Å². The molecule has 4 heteroatoms. The van der Waals surface area contributed by atoms with Gasteiger partial charge in [0.15, 0.2) is 0 Å². The molecule has 1 aliphatic heterocycles. The summed E-state index contributed by atoms with van der Waals surface area (Å²) < 4.78 is 5.67. The minimum absolute atomic E-state index is 0.0757. The zero-order valence-electron chi connectivity index (χ0n) is 8.53. The van der Waals surface area contributed by atoms with Crippen molar-refractivity contribution in [2.24, 2.45) is 0 Å². The average Bonchev–Trinajstić information content (AvgIpc) is 2.68. The Hall–Kier alpha value is -1.00. The predicted molar refractivity (Wildman–Crippen MR) is 60.3 cm³/mol. The van der Waals surface area contributed by atoms with Gasteiger partial charge in [0.2, 0.25) is 11.0 Å². The van der Waals surface area contributed by atoms with Gasteiger partial charge in [0.05, 0.1) is 6.61 Å². The normalized spacial score (nSPS) is 25.1. The van der Waals surface area contributed by atoms with Crippen LogP contribution in [0.2, 0.25) is 0 Å². The van der Waals surface area contributed by atoms with Gasteiger partial charge in [-0.25, -0.2) is 0 Å². The lowest BCUT2D eigenvalue weighted by molar-refractivity contribution is -0.124. The van der Waals surface area contributed by atoms with E-state index in [1.54, 1.807) is 11.8 Å². The van der Waals surface area contributed by atoms with Gasteiger partial charge in [-0.05, 0) is 0 Å². The summed E-state index contributed by atoms with van der Waals surface area (Å²) in [5.41, 5.74) is 0.989. The highest BCUT2D eigenvalue weighted by Gasteiger charge is 2.38. The van der Waals surface area contributed by atoms with Crippen LogP contribution < -0.4 is 5.32 Å². The van der Waals surface area contributed by atoms with Gasteiger partial charge >= 0.3 is 0 Å². The van der Waals surface area contributed by atoms with Crippen molar-refractivity contribution < 1.29 is 9.53 Å². The largest absolute Gasteiger partial charge is 0.342 e. The number of ether oxygens (including phenoxy) is 1. The van der Waals surface area contributed by atoms with Crippen LogP contribution in [-0.4, -0.2) is 18.3 Å². The number of hydrogen-bond acceptors (Lipinski definition) is 3. The molecule has 3 nitrogen and oxygen atoms in total. The second-order valence-corrected chi connectivity index (χ2v) is 4.63. The lowest BCUT2D eigenvalue weighted by Crippen LogP contribution is -2.42. The van der Waals surface area contributed by atoms with Crippen molar-refractivity contribution in [1.82, 2.24) is 5.32 Å². The molecule has 1 heterocycles. The Morgan fingerprint density at radius 3 is 2.73 bits per heavy atom. The number of nitrogens with one attached hydrogen (secondary N) is 1. The zero-order valence-corrected chi connectivity index (χ0v) is 9.34. The molecule has 1 aromatic rings. The van der Waals surface area contributed by atoms with Crippen molar-refractivity contribution in [3.05, 3.63) is 35.9 Å². The standard InChI is InChI=1S/C11H13NO2S/c1-9(13)12-11(14-7-8-15-11)10-5-3-2-4-6-10/h2-6H,7-8H2,1H3,(H,12,13). The van der Waals surface area contributed by atoms with Gasteiger partial charge in [0.1, 0.15) is 0 Å². The van der Waals surface area contributed by atoms with Crippen molar-refractivity contribution in [2.45, 2.75) is 12.0 Å². The van der Waals surface area contributed by atoms with Crippen molar-refractivity contribution in [2.75, 3.05) is 12.4 Å². The first-order chi connectivity index (χ1) is 7.23. The van der Waals surface area contributed by atoms with Gasteiger partial charge in [-0.3, -0.25) is 4.79 Å². The van der Waals surface area contributed by atoms with Gasteiger partial charge in [-0.1, -0.05) is 42.1 Å². The van der Waals surface area contributed by atoms with Crippen LogP contribution in [0.15, 0.2) is 30.3 Å². The third-order valence-electron chi connectivity index (χ3n) is 2.19. The van der Waals surface area contributed by atoms with E-state index >= 15 is 0 Å². The molecule has 1 amide bonds. The quantitative estimate of drug-likeness (QED) is 0.829. The number of amides is 1. The summed E-state index contributed by atoms with van der Waals surface area (Å²) in [5, 5.41) is 2.20. The van der Waals surface area contributed by atoms with E-state index in [2.05, 4.69) is 5.32 Å². The molecule has 1 fully saturated rings. The van der Waals surface area contributed by atoms with Crippen molar-refractivity contribution in [1.29, 1.82) is 0 Å². The molecule has 0 spiro atoms. The summed E-state index contributed by atoms with van der Waals surface area (Å²) >= 11 is 1.62. The summed E-state index contributed by atoms with van der Waals surface area (Å²) in [6.45, 7) is 2.17. The van der Waals surface area contributed by atoms with E-state index in [9.17, 15) is 4.79 Å². The lowest BCUT2D eigenvalue weighted by Gasteiger charge is -2.28. The SMILES string of the molecule is CC(=O)NC1(c2ccccc2)OCCS1. The third kappa shape index (κ3) is 2.16. The molecular weight excluding hydrogens is 210 g/mol. The maximum atomic E-state index is 11.2. The molecule has 1 atom stereocenters. The van der Waals surface area contributed by atoms with E-state index in [-0.39, 0.29) is 5.91 Å². The first-order valence-electron chi connectivity index (χ1n) is 4.85. The second-order valence-electron chi connectivity index (χ2n) is 3.36. The van der Waals surface area contributed by atoms with E-state index in [4.69, 9.17) is 4.74 Å². The fourth-order valence-corrected chi connectivity index (χ4v) is 2.75. The molecule has 0 saturated carbocycles. The molecule has 15 heavy (non-hydrogen) atoms. The second kappa shape index (κ2) is 4.24. The fourth-order valence-electron chi connectivity index (χ4n) is 1.61. The van der Waals surface area contributed by atoms with Crippen molar-refractivity contribution in [3.63, 3.8) is 0 Å². The van der Waals surface area contributed by atoms with E-state index in [1.165, 1.54) is 6.92 Å². The number of hydrogen-bond donors (Lipinski definition) is 1. The zero-order chi connectivity index (χ0) is 10.7. The lowest BCUT2D eigenvalue weighted by atomic mass is 10.2. The molecule has 2 rings (SSSR count). The Balaban J connectivity index is 2.30. The maximum absolute atomic E-state index is 11.2. The number of rotatable bonds is 2. The highest BCUT2D eigenvalue weighted by molar-refractivity contribution is 8.00. The Labute approximate surface area is 93.2 Å². The molecule has 1 saturated heterocycles. The summed E-state index contributed by atoms with van der Waals surface area (Å²) in [5.74, 6) is 0.822. The first kappa shape index (κ1) is 10.5. The summed E-state index contributed by atoms with van der Waals surface area (Å²) in [6, 6.07) is 9.77. The van der Waals surface area contributed by atoms with Gasteiger partial charge < -0.3 is 10.1 Å². The summed E-state index contributed by atoms with van der Waals surface area (Å²) in [6.07, 6.45) is 0. The molecule has 0 bridgehead atoms. The van der Waals surface area contributed by atoms with E-state index in [0.29, 0.717) is 6.61 Å². The molecule has 1 aliphatic rings. The van der Waals surface area contributed by atoms with E-state index in [0.717, 1.165) is 11.3 Å². The van der Waals surface area contributed by atoms with Crippen LogP contribution in [0, 0.1) is 0 Å². The van der Waals surface area contributed by atoms with Gasteiger partial charge in [-0.15, -0.1) is 0 Å². The van der Waals surface area contributed by atoms with Gasteiger partial charge in [0, 0.05) is 18.2 Å². The van der Waals surface area contributed by atoms with Gasteiger partial charge in [-0.2, -0.15) is 0 Å². The fraction of sp³-hybridized carbons (Fsp3) is 0.364. The minimum Gasteiger partial charge on any atom is -0.342 e. The van der Waals surface area contributed by atoms with Gasteiger partial charge in [0.25, 0.3) is 0 Å². The Kier molecular flexibility index (Phi) is 2.98. The van der Waals surface area contributed by atoms with Crippen LogP contribution in [0.5, 0.6) is 0 Å². The molecule has 1 N–H and O–H groups in total. The van der Waals surface area contributed by atoms with Crippen molar-refractivity contribution >= 4 is 17.7 Å². The Bertz CT molecular complexity index is 347. The first-order valence-corrected chi connectivity index (χ1v) is 5.84. The third-order valence-corrected chi connectivity index (χ3v) is 3.42. The number of thioether (sulfide) groups is 1. The number of carbonyl (C=O) groups excluding carboxylic acids is 1. The molecule has 1 unspecified atom stereocenters. The van der Waals surface area contributed by atoms with Crippen LogP contribution in [0.1, 0.15) is 12.5 Å². The maximum Gasteiger partial charge on any atom is 0.219 e. The smallest absolute Gasteiger partial charge is 0.219 e. The molecule has 1 aromatic carbocycles. The number of carbonyl (C=O) groups is 1. The molecule has 0 radical (unpaired) electrons.